The van der Waals surface area contributed by atoms with E-state index in [-0.39, 0.29) is 0 Å². The summed E-state index contributed by atoms with van der Waals surface area (Å²) in [6.45, 7) is 0.800. The Kier molecular flexibility index (Phi) is 2.14. The molecular weight excluding hydrogens is 198 g/mol. The van der Waals surface area contributed by atoms with Gasteiger partial charge in [0.05, 0.1) is 18.3 Å². The number of benzene rings is 1. The molecule has 3 rings (SSSR count). The van der Waals surface area contributed by atoms with E-state index in [9.17, 15) is 0 Å². The van der Waals surface area contributed by atoms with E-state index in [2.05, 4.69) is 22.2 Å². The van der Waals surface area contributed by atoms with E-state index in [1.807, 2.05) is 41.3 Å². The standard InChI is InChI=1S/C13H11N3/c1-2-4-11(5-3-1)10-16-13-6-7-14-8-12(13)9-15-16/h1-9H,10H2. The van der Waals surface area contributed by atoms with E-state index >= 15 is 0 Å². The van der Waals surface area contributed by atoms with Crippen molar-refractivity contribution in [2.45, 2.75) is 6.54 Å². The number of hydrogen-bond donors (Lipinski definition) is 0. The van der Waals surface area contributed by atoms with E-state index in [1.54, 1.807) is 6.20 Å². The van der Waals surface area contributed by atoms with Gasteiger partial charge in [0.1, 0.15) is 0 Å². The van der Waals surface area contributed by atoms with Crippen LogP contribution in [0.25, 0.3) is 10.9 Å². The third kappa shape index (κ3) is 1.56. The minimum Gasteiger partial charge on any atom is -0.264 e. The summed E-state index contributed by atoms with van der Waals surface area (Å²) in [5.41, 5.74) is 2.38. The molecule has 78 valence electrons. The molecule has 2 aromatic heterocycles. The molecule has 0 saturated heterocycles. The Bertz CT molecular complexity index is 599. The van der Waals surface area contributed by atoms with Crippen molar-refractivity contribution in [3.05, 3.63) is 60.6 Å². The first-order valence-electron chi connectivity index (χ1n) is 5.23. The topological polar surface area (TPSA) is 30.7 Å². The molecule has 0 aliphatic rings. The highest BCUT2D eigenvalue weighted by molar-refractivity contribution is 5.77. The third-order valence-corrected chi connectivity index (χ3v) is 2.62. The number of hydrogen-bond acceptors (Lipinski definition) is 2. The smallest absolute Gasteiger partial charge is 0.0717 e. The lowest BCUT2D eigenvalue weighted by molar-refractivity contribution is 0.712. The molecule has 2 heterocycles. The molecule has 16 heavy (non-hydrogen) atoms. The summed E-state index contributed by atoms with van der Waals surface area (Å²) in [5, 5.41) is 5.45. The number of pyridine rings is 1. The van der Waals surface area contributed by atoms with Crippen LogP contribution in [0.1, 0.15) is 5.56 Å². The minimum absolute atomic E-state index is 0.800. The van der Waals surface area contributed by atoms with Gasteiger partial charge in [-0.05, 0) is 11.6 Å². The summed E-state index contributed by atoms with van der Waals surface area (Å²) in [4.78, 5) is 4.08. The highest BCUT2D eigenvalue weighted by Gasteiger charge is 2.01. The van der Waals surface area contributed by atoms with Crippen molar-refractivity contribution < 1.29 is 0 Å². The second kappa shape index (κ2) is 3.77. The maximum absolute atomic E-state index is 4.37. The van der Waals surface area contributed by atoms with Gasteiger partial charge in [0, 0.05) is 17.8 Å². The molecule has 0 saturated carbocycles. The molecule has 0 bridgehead atoms. The SMILES string of the molecule is c1ccc(Cn2ncc3cnccc32)cc1. The van der Waals surface area contributed by atoms with Crippen molar-refractivity contribution in [3.8, 4) is 0 Å². The average Bonchev–Trinajstić information content (AvgIpc) is 2.74. The first kappa shape index (κ1) is 9.09. The van der Waals surface area contributed by atoms with Crippen LogP contribution in [0.4, 0.5) is 0 Å². The van der Waals surface area contributed by atoms with Gasteiger partial charge in [0.2, 0.25) is 0 Å². The van der Waals surface area contributed by atoms with E-state index in [1.165, 1.54) is 5.56 Å². The maximum Gasteiger partial charge on any atom is 0.0717 e. The fraction of sp³-hybridized carbons (Fsp3) is 0.0769. The third-order valence-electron chi connectivity index (χ3n) is 2.62. The second-order valence-corrected chi connectivity index (χ2v) is 3.72. The highest BCUT2D eigenvalue weighted by atomic mass is 15.3. The molecule has 0 unspecified atom stereocenters. The van der Waals surface area contributed by atoms with E-state index < -0.39 is 0 Å². The van der Waals surface area contributed by atoms with Crippen molar-refractivity contribution in [1.29, 1.82) is 0 Å². The molecule has 3 aromatic rings. The number of fused-ring (bicyclic) bond motifs is 1. The monoisotopic (exact) mass is 209 g/mol. The van der Waals surface area contributed by atoms with Gasteiger partial charge in [-0.2, -0.15) is 5.10 Å². The van der Waals surface area contributed by atoms with Gasteiger partial charge in [-0.3, -0.25) is 9.67 Å². The molecule has 0 fully saturated rings. The normalized spacial score (nSPS) is 10.8. The summed E-state index contributed by atoms with van der Waals surface area (Å²) in [6.07, 6.45) is 5.49. The average molecular weight is 209 g/mol. The Morgan fingerprint density at radius 2 is 1.88 bits per heavy atom. The summed E-state index contributed by atoms with van der Waals surface area (Å²) in [7, 11) is 0. The zero-order valence-electron chi connectivity index (χ0n) is 8.74. The van der Waals surface area contributed by atoms with Crippen LogP contribution in [-0.2, 0) is 6.54 Å². The van der Waals surface area contributed by atoms with E-state index in [0.29, 0.717) is 0 Å². The Labute approximate surface area is 93.4 Å². The molecular formula is C13H11N3. The fourth-order valence-corrected chi connectivity index (χ4v) is 1.81. The lowest BCUT2D eigenvalue weighted by Crippen LogP contribution is -2.00. The van der Waals surface area contributed by atoms with Crippen LogP contribution in [0.5, 0.6) is 0 Å². The van der Waals surface area contributed by atoms with Crippen molar-refractivity contribution in [3.63, 3.8) is 0 Å². The Balaban J connectivity index is 2.01. The lowest BCUT2D eigenvalue weighted by atomic mass is 10.2. The van der Waals surface area contributed by atoms with Crippen LogP contribution < -0.4 is 0 Å². The quantitative estimate of drug-likeness (QED) is 0.649. The molecule has 0 aliphatic carbocycles. The Morgan fingerprint density at radius 1 is 1.00 bits per heavy atom. The van der Waals surface area contributed by atoms with Gasteiger partial charge in [-0.25, -0.2) is 0 Å². The van der Waals surface area contributed by atoms with Crippen molar-refractivity contribution in [2.75, 3.05) is 0 Å². The van der Waals surface area contributed by atoms with Crippen LogP contribution >= 0.6 is 0 Å². The zero-order valence-corrected chi connectivity index (χ0v) is 8.74. The van der Waals surface area contributed by atoms with E-state index in [0.717, 1.165) is 17.4 Å². The summed E-state index contributed by atoms with van der Waals surface area (Å²) < 4.78 is 1.99. The lowest BCUT2D eigenvalue weighted by Gasteiger charge is -2.03. The molecule has 0 radical (unpaired) electrons. The first-order valence-corrected chi connectivity index (χ1v) is 5.23. The predicted molar refractivity (Wildman–Crippen MR) is 63.1 cm³/mol. The molecule has 0 atom stereocenters. The van der Waals surface area contributed by atoms with Gasteiger partial charge in [0.25, 0.3) is 0 Å². The molecule has 0 spiro atoms. The largest absolute Gasteiger partial charge is 0.264 e. The molecule has 3 nitrogen and oxygen atoms in total. The fourth-order valence-electron chi connectivity index (χ4n) is 1.81. The summed E-state index contributed by atoms with van der Waals surface area (Å²) in [5.74, 6) is 0. The van der Waals surface area contributed by atoms with Gasteiger partial charge in [-0.15, -0.1) is 0 Å². The van der Waals surface area contributed by atoms with Gasteiger partial charge >= 0.3 is 0 Å². The summed E-state index contributed by atoms with van der Waals surface area (Å²) in [6, 6.07) is 12.3. The molecule has 0 amide bonds. The summed E-state index contributed by atoms with van der Waals surface area (Å²) >= 11 is 0. The first-order chi connectivity index (χ1) is 7.93. The van der Waals surface area contributed by atoms with Gasteiger partial charge in [0.15, 0.2) is 0 Å². The van der Waals surface area contributed by atoms with Crippen LogP contribution in [0.15, 0.2) is 55.0 Å². The Morgan fingerprint density at radius 3 is 2.75 bits per heavy atom. The van der Waals surface area contributed by atoms with Crippen molar-refractivity contribution in [1.82, 2.24) is 14.8 Å². The maximum atomic E-state index is 4.37. The van der Waals surface area contributed by atoms with Gasteiger partial charge in [-0.1, -0.05) is 30.3 Å². The van der Waals surface area contributed by atoms with Crippen LogP contribution in [0, 0.1) is 0 Å². The van der Waals surface area contributed by atoms with Crippen LogP contribution in [-0.4, -0.2) is 14.8 Å². The van der Waals surface area contributed by atoms with Crippen molar-refractivity contribution in [2.24, 2.45) is 0 Å². The molecule has 3 heteroatoms. The van der Waals surface area contributed by atoms with Crippen LogP contribution in [0.2, 0.25) is 0 Å². The predicted octanol–water partition coefficient (Wildman–Crippen LogP) is 2.48. The molecule has 0 aliphatic heterocycles. The van der Waals surface area contributed by atoms with Gasteiger partial charge < -0.3 is 0 Å². The number of aromatic nitrogens is 3. The number of rotatable bonds is 2. The van der Waals surface area contributed by atoms with Crippen molar-refractivity contribution >= 4 is 10.9 Å². The van der Waals surface area contributed by atoms with Crippen LogP contribution in [0.3, 0.4) is 0 Å². The minimum atomic E-state index is 0.800. The second-order valence-electron chi connectivity index (χ2n) is 3.72. The molecule has 1 aromatic carbocycles. The Hall–Kier alpha value is -2.16. The highest BCUT2D eigenvalue weighted by Crippen LogP contribution is 2.12. The number of nitrogens with zero attached hydrogens (tertiary/aromatic N) is 3. The van der Waals surface area contributed by atoms with E-state index in [4.69, 9.17) is 0 Å². The zero-order chi connectivity index (χ0) is 10.8. The molecule has 0 N–H and O–H groups in total.